The Morgan fingerprint density at radius 2 is 1.76 bits per heavy atom. The van der Waals surface area contributed by atoms with E-state index >= 15 is 0 Å². The fraction of sp³-hybridized carbons (Fsp3) is 0.533. The van der Waals surface area contributed by atoms with Gasteiger partial charge in [0.15, 0.2) is 0 Å². The predicted octanol–water partition coefficient (Wildman–Crippen LogP) is 0.212. The minimum atomic E-state index is -0.215. The van der Waals surface area contributed by atoms with Crippen LogP contribution in [0.5, 0.6) is 0 Å². The molecule has 0 amide bonds. The second-order valence-corrected chi connectivity index (χ2v) is 5.33. The van der Waals surface area contributed by atoms with Crippen molar-refractivity contribution in [3.63, 3.8) is 0 Å². The number of hydrogen-bond acceptors (Lipinski definition) is 6. The summed E-state index contributed by atoms with van der Waals surface area (Å²) in [4.78, 5) is 15.4. The normalized spacial score (nSPS) is 26.7. The summed E-state index contributed by atoms with van der Waals surface area (Å²) < 4.78 is 10.7. The Kier molecular flexibility index (Phi) is 4.38. The Bertz CT molecular complexity index is 497. The fourth-order valence-electron chi connectivity index (χ4n) is 2.85. The molecule has 21 heavy (non-hydrogen) atoms. The van der Waals surface area contributed by atoms with Crippen molar-refractivity contribution in [1.29, 1.82) is 0 Å². The molecule has 3 rings (SSSR count). The van der Waals surface area contributed by atoms with Crippen molar-refractivity contribution in [3.8, 4) is 0 Å². The van der Waals surface area contributed by atoms with E-state index in [2.05, 4.69) is 15.9 Å². The second kappa shape index (κ2) is 6.43. The molecule has 1 aromatic carbocycles. The molecule has 6 heteroatoms. The number of rotatable bonds is 3. The Morgan fingerprint density at radius 1 is 1.10 bits per heavy atom. The predicted molar refractivity (Wildman–Crippen MR) is 80.6 cm³/mol. The van der Waals surface area contributed by atoms with Crippen LogP contribution >= 0.6 is 0 Å². The zero-order chi connectivity index (χ0) is 14.7. The lowest BCUT2D eigenvalue weighted by atomic mass is 10.1. The van der Waals surface area contributed by atoms with Gasteiger partial charge < -0.3 is 29.8 Å². The molecule has 2 unspecified atom stereocenters. The molecule has 2 N–H and O–H groups in total. The van der Waals surface area contributed by atoms with Gasteiger partial charge in [-0.05, 0) is 18.2 Å². The highest BCUT2D eigenvalue weighted by atomic mass is 16.5. The zero-order valence-corrected chi connectivity index (χ0v) is 12.0. The molecule has 114 valence electrons. The van der Waals surface area contributed by atoms with Crippen molar-refractivity contribution in [2.24, 2.45) is 5.73 Å². The van der Waals surface area contributed by atoms with Gasteiger partial charge in [-0.25, -0.2) is 0 Å². The quantitative estimate of drug-likeness (QED) is 0.803. The van der Waals surface area contributed by atoms with E-state index in [1.165, 1.54) is 0 Å². The Labute approximate surface area is 124 Å². The molecular formula is C15H21N3O3. The van der Waals surface area contributed by atoms with Crippen molar-refractivity contribution >= 4 is 17.7 Å². The van der Waals surface area contributed by atoms with Gasteiger partial charge >= 0.3 is 0 Å². The lowest BCUT2D eigenvalue weighted by Crippen LogP contribution is -2.51. The number of anilines is 2. The average Bonchev–Trinajstić information content (AvgIpc) is 2.55. The number of nitrogens with zero attached hydrogens (tertiary/aromatic N) is 2. The molecule has 0 aromatic heterocycles. The summed E-state index contributed by atoms with van der Waals surface area (Å²) in [6.45, 7) is 3.83. The van der Waals surface area contributed by atoms with E-state index in [0.29, 0.717) is 26.4 Å². The van der Waals surface area contributed by atoms with Gasteiger partial charge in [-0.15, -0.1) is 0 Å². The molecular weight excluding hydrogens is 270 g/mol. The van der Waals surface area contributed by atoms with Crippen molar-refractivity contribution < 1.29 is 14.3 Å². The van der Waals surface area contributed by atoms with Crippen LogP contribution in [0.25, 0.3) is 0 Å². The first-order chi connectivity index (χ1) is 10.3. The summed E-state index contributed by atoms with van der Waals surface area (Å²) in [5.74, 6) is 0. The van der Waals surface area contributed by atoms with E-state index in [4.69, 9.17) is 15.2 Å². The van der Waals surface area contributed by atoms with E-state index in [0.717, 1.165) is 30.8 Å². The summed E-state index contributed by atoms with van der Waals surface area (Å²) in [7, 11) is 0. The van der Waals surface area contributed by atoms with Gasteiger partial charge in [0, 0.05) is 24.5 Å². The largest absolute Gasteiger partial charge is 0.377 e. The van der Waals surface area contributed by atoms with Gasteiger partial charge in [0.25, 0.3) is 0 Å². The van der Waals surface area contributed by atoms with E-state index < -0.39 is 0 Å². The van der Waals surface area contributed by atoms with E-state index in [-0.39, 0.29) is 12.2 Å². The maximum absolute atomic E-state index is 11.2. The molecule has 0 spiro atoms. The monoisotopic (exact) mass is 291 g/mol. The number of morpholine rings is 2. The third kappa shape index (κ3) is 3.02. The van der Waals surface area contributed by atoms with E-state index in [1.807, 2.05) is 18.2 Å². The number of aldehydes is 1. The SMILES string of the molecule is NC1COCCN1c1cccc(N2CCOCC2C=O)c1. The number of carbonyl (C=O) groups excluding carboxylic acids is 1. The van der Waals surface area contributed by atoms with Crippen molar-refractivity contribution in [3.05, 3.63) is 24.3 Å². The molecule has 2 fully saturated rings. The number of nitrogens with two attached hydrogens (primary N) is 1. The fourth-order valence-corrected chi connectivity index (χ4v) is 2.85. The van der Waals surface area contributed by atoms with E-state index in [9.17, 15) is 4.79 Å². The standard InChI is InChI=1S/C15H21N3O3/c16-15-11-21-7-5-18(15)13-3-1-2-12(8-13)17-4-6-20-10-14(17)9-19/h1-3,8-9,14-15H,4-7,10-11,16H2. The third-order valence-corrected chi connectivity index (χ3v) is 3.98. The molecule has 0 bridgehead atoms. The molecule has 1 aromatic rings. The van der Waals surface area contributed by atoms with Crippen LogP contribution in [0.15, 0.2) is 24.3 Å². The highest BCUT2D eigenvalue weighted by Gasteiger charge is 2.24. The first-order valence-corrected chi connectivity index (χ1v) is 7.29. The van der Waals surface area contributed by atoms with Crippen molar-refractivity contribution in [2.45, 2.75) is 12.2 Å². The number of benzene rings is 1. The number of hydrogen-bond donors (Lipinski definition) is 1. The maximum Gasteiger partial charge on any atom is 0.144 e. The molecule has 2 saturated heterocycles. The van der Waals surface area contributed by atoms with Crippen LogP contribution in [-0.2, 0) is 14.3 Å². The highest BCUT2D eigenvalue weighted by Crippen LogP contribution is 2.26. The lowest BCUT2D eigenvalue weighted by molar-refractivity contribution is -0.111. The van der Waals surface area contributed by atoms with Crippen LogP contribution in [0.4, 0.5) is 11.4 Å². The molecule has 2 atom stereocenters. The van der Waals surface area contributed by atoms with Crippen molar-refractivity contribution in [2.75, 3.05) is 49.3 Å². The average molecular weight is 291 g/mol. The van der Waals surface area contributed by atoms with E-state index in [1.54, 1.807) is 0 Å². The molecule has 0 saturated carbocycles. The Morgan fingerprint density at radius 3 is 2.48 bits per heavy atom. The molecule has 0 radical (unpaired) electrons. The van der Waals surface area contributed by atoms with Crippen LogP contribution in [0.1, 0.15) is 0 Å². The molecule has 2 aliphatic rings. The summed E-state index contributed by atoms with van der Waals surface area (Å²) >= 11 is 0. The van der Waals surface area contributed by atoms with Gasteiger partial charge in [0.2, 0.25) is 0 Å². The highest BCUT2D eigenvalue weighted by molar-refractivity contribution is 5.69. The van der Waals surface area contributed by atoms with Gasteiger partial charge in [-0.3, -0.25) is 0 Å². The summed E-state index contributed by atoms with van der Waals surface area (Å²) in [5.41, 5.74) is 8.21. The van der Waals surface area contributed by atoms with Gasteiger partial charge in [-0.2, -0.15) is 0 Å². The van der Waals surface area contributed by atoms with Crippen LogP contribution in [0.2, 0.25) is 0 Å². The van der Waals surface area contributed by atoms with Crippen LogP contribution in [0, 0.1) is 0 Å². The minimum absolute atomic E-state index is 0.124. The molecule has 0 aliphatic carbocycles. The number of carbonyl (C=O) groups is 1. The van der Waals surface area contributed by atoms with Crippen LogP contribution in [-0.4, -0.2) is 58.0 Å². The summed E-state index contributed by atoms with van der Waals surface area (Å²) in [6, 6.07) is 7.95. The zero-order valence-electron chi connectivity index (χ0n) is 12.0. The minimum Gasteiger partial charge on any atom is -0.377 e. The van der Waals surface area contributed by atoms with Crippen molar-refractivity contribution in [1.82, 2.24) is 0 Å². The molecule has 6 nitrogen and oxygen atoms in total. The van der Waals surface area contributed by atoms with Gasteiger partial charge in [0.05, 0.1) is 26.4 Å². The third-order valence-electron chi connectivity index (χ3n) is 3.98. The molecule has 2 aliphatic heterocycles. The topological polar surface area (TPSA) is 68.0 Å². The first kappa shape index (κ1) is 14.3. The van der Waals surface area contributed by atoms with Crippen LogP contribution in [0.3, 0.4) is 0 Å². The Hall–Kier alpha value is -1.63. The van der Waals surface area contributed by atoms with Gasteiger partial charge in [-0.1, -0.05) is 6.07 Å². The summed E-state index contributed by atoms with van der Waals surface area (Å²) in [6.07, 6.45) is 0.826. The maximum atomic E-state index is 11.2. The summed E-state index contributed by atoms with van der Waals surface area (Å²) in [5, 5.41) is 0. The second-order valence-electron chi connectivity index (χ2n) is 5.33. The number of ether oxygens (including phenoxy) is 2. The molecule has 2 heterocycles. The lowest BCUT2D eigenvalue weighted by Gasteiger charge is -2.37. The van der Waals surface area contributed by atoms with Crippen LogP contribution < -0.4 is 15.5 Å². The Balaban J connectivity index is 1.83. The van der Waals surface area contributed by atoms with Gasteiger partial charge in [0.1, 0.15) is 18.5 Å². The smallest absolute Gasteiger partial charge is 0.144 e. The first-order valence-electron chi connectivity index (χ1n) is 7.29.